The SMILES string of the molecule is CC(C)c1cc(Br)ccc1Oc1ccc(C(C)N)c(Br)c1. The topological polar surface area (TPSA) is 35.2 Å². The van der Waals surface area contributed by atoms with Crippen molar-refractivity contribution in [2.24, 2.45) is 5.73 Å². The van der Waals surface area contributed by atoms with Crippen LogP contribution in [0.3, 0.4) is 0 Å². The maximum Gasteiger partial charge on any atom is 0.130 e. The second-order valence-electron chi connectivity index (χ2n) is 5.41. The summed E-state index contributed by atoms with van der Waals surface area (Å²) in [5, 5.41) is 0. The van der Waals surface area contributed by atoms with E-state index in [4.69, 9.17) is 10.5 Å². The summed E-state index contributed by atoms with van der Waals surface area (Å²) in [7, 11) is 0. The molecule has 1 unspecified atom stereocenters. The van der Waals surface area contributed by atoms with Gasteiger partial charge < -0.3 is 10.5 Å². The third-order valence-corrected chi connectivity index (χ3v) is 4.46. The van der Waals surface area contributed by atoms with E-state index in [2.05, 4.69) is 51.8 Å². The maximum absolute atomic E-state index is 6.05. The largest absolute Gasteiger partial charge is 0.457 e. The van der Waals surface area contributed by atoms with Gasteiger partial charge in [0.2, 0.25) is 0 Å². The summed E-state index contributed by atoms with van der Waals surface area (Å²) >= 11 is 7.06. The van der Waals surface area contributed by atoms with Crippen LogP contribution in [0.25, 0.3) is 0 Å². The van der Waals surface area contributed by atoms with Crippen molar-refractivity contribution in [2.75, 3.05) is 0 Å². The second-order valence-corrected chi connectivity index (χ2v) is 7.18. The van der Waals surface area contributed by atoms with Crippen molar-refractivity contribution in [1.82, 2.24) is 0 Å². The molecule has 0 amide bonds. The van der Waals surface area contributed by atoms with Crippen LogP contribution in [0.5, 0.6) is 11.5 Å². The summed E-state index contributed by atoms with van der Waals surface area (Å²) in [5.41, 5.74) is 8.17. The molecule has 1 atom stereocenters. The van der Waals surface area contributed by atoms with E-state index in [0.29, 0.717) is 5.92 Å². The summed E-state index contributed by atoms with van der Waals surface area (Å²) in [6, 6.07) is 12.0. The first-order valence-corrected chi connectivity index (χ1v) is 8.49. The van der Waals surface area contributed by atoms with Crippen LogP contribution in [0.2, 0.25) is 0 Å². The van der Waals surface area contributed by atoms with Gasteiger partial charge in [0, 0.05) is 15.0 Å². The predicted molar refractivity (Wildman–Crippen MR) is 95.0 cm³/mol. The van der Waals surface area contributed by atoms with Crippen molar-refractivity contribution in [1.29, 1.82) is 0 Å². The first-order chi connectivity index (χ1) is 9.88. The molecular formula is C17H19Br2NO. The van der Waals surface area contributed by atoms with Crippen LogP contribution in [-0.4, -0.2) is 0 Å². The first kappa shape index (κ1) is 16.5. The van der Waals surface area contributed by atoms with Crippen molar-refractivity contribution in [2.45, 2.75) is 32.7 Å². The van der Waals surface area contributed by atoms with Crippen LogP contribution >= 0.6 is 31.9 Å². The number of nitrogens with two attached hydrogens (primary N) is 1. The van der Waals surface area contributed by atoms with Crippen molar-refractivity contribution in [3.8, 4) is 11.5 Å². The molecule has 0 fully saturated rings. The van der Waals surface area contributed by atoms with Crippen molar-refractivity contribution >= 4 is 31.9 Å². The molecule has 0 bridgehead atoms. The Morgan fingerprint density at radius 2 is 1.67 bits per heavy atom. The Balaban J connectivity index is 2.32. The number of rotatable bonds is 4. The van der Waals surface area contributed by atoms with E-state index >= 15 is 0 Å². The van der Waals surface area contributed by atoms with Gasteiger partial charge in [0.25, 0.3) is 0 Å². The average Bonchev–Trinajstić information content (AvgIpc) is 2.40. The minimum atomic E-state index is -0.00710. The molecule has 0 saturated heterocycles. The third-order valence-electron chi connectivity index (χ3n) is 3.28. The van der Waals surface area contributed by atoms with Crippen LogP contribution in [-0.2, 0) is 0 Å². The Hall–Kier alpha value is -0.840. The summed E-state index contributed by atoms with van der Waals surface area (Å²) in [5.74, 6) is 2.08. The van der Waals surface area contributed by atoms with Gasteiger partial charge in [-0.05, 0) is 54.3 Å². The van der Waals surface area contributed by atoms with Crippen LogP contribution in [0.15, 0.2) is 45.3 Å². The van der Waals surface area contributed by atoms with Gasteiger partial charge in [0.05, 0.1) is 0 Å². The highest BCUT2D eigenvalue weighted by Gasteiger charge is 2.11. The number of ether oxygens (including phenoxy) is 1. The van der Waals surface area contributed by atoms with E-state index in [-0.39, 0.29) is 6.04 Å². The van der Waals surface area contributed by atoms with Gasteiger partial charge in [-0.2, -0.15) is 0 Å². The van der Waals surface area contributed by atoms with Gasteiger partial charge in [0.15, 0.2) is 0 Å². The zero-order chi connectivity index (χ0) is 15.6. The molecule has 2 aromatic rings. The summed E-state index contributed by atoms with van der Waals surface area (Å²) in [6.45, 7) is 6.28. The predicted octanol–water partition coefficient (Wildman–Crippen LogP) is 6.15. The number of hydrogen-bond acceptors (Lipinski definition) is 2. The van der Waals surface area contributed by atoms with Crippen LogP contribution in [0.4, 0.5) is 0 Å². The molecule has 0 spiro atoms. The average molecular weight is 413 g/mol. The Morgan fingerprint density at radius 1 is 0.952 bits per heavy atom. The highest BCUT2D eigenvalue weighted by atomic mass is 79.9. The fraction of sp³-hybridized carbons (Fsp3) is 0.294. The summed E-state index contributed by atoms with van der Waals surface area (Å²) < 4.78 is 8.08. The highest BCUT2D eigenvalue weighted by Crippen LogP contribution is 2.34. The molecule has 0 heterocycles. The lowest BCUT2D eigenvalue weighted by Crippen LogP contribution is -2.05. The number of hydrogen-bond donors (Lipinski definition) is 1. The van der Waals surface area contributed by atoms with Gasteiger partial charge in [-0.3, -0.25) is 0 Å². The molecular weight excluding hydrogens is 394 g/mol. The minimum absolute atomic E-state index is 0.00710. The molecule has 0 aliphatic carbocycles. The third kappa shape index (κ3) is 4.09. The smallest absolute Gasteiger partial charge is 0.130 e. The molecule has 0 saturated carbocycles. The van der Waals surface area contributed by atoms with Gasteiger partial charge in [0.1, 0.15) is 11.5 Å². The van der Waals surface area contributed by atoms with E-state index in [0.717, 1.165) is 26.0 Å². The Bertz CT molecular complexity index is 639. The van der Waals surface area contributed by atoms with E-state index in [1.807, 2.05) is 37.3 Å². The number of benzene rings is 2. The summed E-state index contributed by atoms with van der Waals surface area (Å²) in [4.78, 5) is 0. The molecule has 21 heavy (non-hydrogen) atoms. The molecule has 112 valence electrons. The number of halogens is 2. The van der Waals surface area contributed by atoms with Crippen LogP contribution in [0, 0.1) is 0 Å². The molecule has 2 aromatic carbocycles. The van der Waals surface area contributed by atoms with E-state index in [9.17, 15) is 0 Å². The lowest BCUT2D eigenvalue weighted by molar-refractivity contribution is 0.472. The van der Waals surface area contributed by atoms with Crippen LogP contribution in [0.1, 0.15) is 43.9 Å². The quantitative estimate of drug-likeness (QED) is 0.653. The Kier molecular flexibility index (Phi) is 5.47. The van der Waals surface area contributed by atoms with Gasteiger partial charge >= 0.3 is 0 Å². The molecule has 0 radical (unpaired) electrons. The van der Waals surface area contributed by atoms with E-state index in [1.54, 1.807) is 0 Å². The Labute approximate surface area is 143 Å². The minimum Gasteiger partial charge on any atom is -0.457 e. The molecule has 4 heteroatoms. The molecule has 2 N–H and O–H groups in total. The van der Waals surface area contributed by atoms with E-state index < -0.39 is 0 Å². The lowest BCUT2D eigenvalue weighted by atomic mass is 10.0. The summed E-state index contributed by atoms with van der Waals surface area (Å²) in [6.07, 6.45) is 0. The maximum atomic E-state index is 6.05. The molecule has 2 rings (SSSR count). The standard InChI is InChI=1S/C17H19Br2NO/c1-10(2)15-8-12(18)4-7-17(15)21-13-5-6-14(11(3)20)16(19)9-13/h4-11H,20H2,1-3H3. The zero-order valence-electron chi connectivity index (χ0n) is 12.4. The molecule has 0 aromatic heterocycles. The molecule has 0 aliphatic heterocycles. The van der Waals surface area contributed by atoms with E-state index in [1.165, 1.54) is 5.56 Å². The van der Waals surface area contributed by atoms with Gasteiger partial charge in [-0.25, -0.2) is 0 Å². The molecule has 0 aliphatic rings. The van der Waals surface area contributed by atoms with Crippen molar-refractivity contribution in [3.05, 3.63) is 56.5 Å². The zero-order valence-corrected chi connectivity index (χ0v) is 15.5. The normalized spacial score (nSPS) is 12.5. The van der Waals surface area contributed by atoms with Crippen molar-refractivity contribution in [3.63, 3.8) is 0 Å². The van der Waals surface area contributed by atoms with Crippen LogP contribution < -0.4 is 10.5 Å². The molecule has 2 nitrogen and oxygen atoms in total. The van der Waals surface area contributed by atoms with Crippen molar-refractivity contribution < 1.29 is 4.74 Å². The fourth-order valence-electron chi connectivity index (χ4n) is 2.13. The highest BCUT2D eigenvalue weighted by molar-refractivity contribution is 9.10. The Morgan fingerprint density at radius 3 is 2.24 bits per heavy atom. The van der Waals surface area contributed by atoms with Gasteiger partial charge in [-0.1, -0.05) is 51.8 Å². The van der Waals surface area contributed by atoms with Gasteiger partial charge in [-0.15, -0.1) is 0 Å². The lowest BCUT2D eigenvalue weighted by Gasteiger charge is -2.15. The fourth-order valence-corrected chi connectivity index (χ4v) is 3.23. The first-order valence-electron chi connectivity index (χ1n) is 6.91. The second kappa shape index (κ2) is 6.95. The monoisotopic (exact) mass is 411 g/mol.